The molecular formula is C21H22N4O. The minimum absolute atomic E-state index is 0.216. The van der Waals surface area contributed by atoms with Gasteiger partial charge < -0.3 is 10.6 Å². The molecule has 0 radical (unpaired) electrons. The van der Waals surface area contributed by atoms with E-state index in [9.17, 15) is 4.79 Å². The van der Waals surface area contributed by atoms with Crippen LogP contribution in [0, 0.1) is 13.8 Å². The fourth-order valence-corrected chi connectivity index (χ4v) is 2.60. The van der Waals surface area contributed by atoms with Crippen molar-refractivity contribution in [3.05, 3.63) is 83.0 Å². The first-order valence-corrected chi connectivity index (χ1v) is 8.62. The van der Waals surface area contributed by atoms with Gasteiger partial charge in [0.05, 0.1) is 0 Å². The van der Waals surface area contributed by atoms with Crippen LogP contribution in [0.25, 0.3) is 0 Å². The number of aryl methyl sites for hydroxylation is 1. The van der Waals surface area contributed by atoms with E-state index in [1.165, 1.54) is 11.1 Å². The van der Waals surface area contributed by atoms with Crippen LogP contribution < -0.4 is 10.6 Å². The van der Waals surface area contributed by atoms with Crippen molar-refractivity contribution in [3.63, 3.8) is 0 Å². The van der Waals surface area contributed by atoms with Crippen molar-refractivity contribution in [1.29, 1.82) is 0 Å². The lowest BCUT2D eigenvalue weighted by Gasteiger charge is -2.10. The molecule has 5 heteroatoms. The van der Waals surface area contributed by atoms with Gasteiger partial charge in [0, 0.05) is 12.2 Å². The number of aromatic nitrogens is 2. The third kappa shape index (κ3) is 4.45. The maximum atomic E-state index is 12.2. The number of carbonyl (C=O) groups is 1. The minimum Gasteiger partial charge on any atom is -0.350 e. The Morgan fingerprint density at radius 3 is 2.46 bits per heavy atom. The fraction of sp³-hybridized carbons (Fsp3) is 0.190. The number of nitrogens with one attached hydrogen (secondary N) is 2. The molecule has 0 unspecified atom stereocenters. The lowest BCUT2D eigenvalue weighted by Crippen LogP contribution is -2.26. The highest BCUT2D eigenvalue weighted by molar-refractivity contribution is 5.92. The van der Waals surface area contributed by atoms with Crippen molar-refractivity contribution < 1.29 is 4.79 Å². The Morgan fingerprint density at radius 2 is 1.73 bits per heavy atom. The molecule has 0 fully saturated rings. The van der Waals surface area contributed by atoms with E-state index in [0.717, 1.165) is 17.7 Å². The molecule has 0 bridgehead atoms. The highest BCUT2D eigenvalue weighted by Gasteiger charge is 2.08. The molecule has 0 saturated heterocycles. The second-order valence-corrected chi connectivity index (χ2v) is 6.17. The molecule has 0 aliphatic heterocycles. The summed E-state index contributed by atoms with van der Waals surface area (Å²) >= 11 is 0. The zero-order valence-corrected chi connectivity index (χ0v) is 15.0. The van der Waals surface area contributed by atoms with E-state index in [-0.39, 0.29) is 5.91 Å². The molecule has 0 spiro atoms. The average Bonchev–Trinajstić information content (AvgIpc) is 2.67. The van der Waals surface area contributed by atoms with Gasteiger partial charge in [0.2, 0.25) is 0 Å². The molecule has 3 rings (SSSR count). The molecule has 2 N–H and O–H groups in total. The lowest BCUT2D eigenvalue weighted by atomic mass is 10.1. The number of rotatable bonds is 6. The topological polar surface area (TPSA) is 66.9 Å². The smallest absolute Gasteiger partial charge is 0.271 e. The highest BCUT2D eigenvalue weighted by atomic mass is 16.1. The third-order valence-electron chi connectivity index (χ3n) is 4.31. The van der Waals surface area contributed by atoms with Gasteiger partial charge in [0.25, 0.3) is 5.91 Å². The first-order valence-electron chi connectivity index (χ1n) is 8.62. The lowest BCUT2D eigenvalue weighted by molar-refractivity contribution is 0.0948. The second kappa shape index (κ2) is 8.25. The van der Waals surface area contributed by atoms with Crippen LogP contribution in [0.3, 0.4) is 0 Å². The van der Waals surface area contributed by atoms with E-state index in [1.54, 1.807) is 12.1 Å². The van der Waals surface area contributed by atoms with Crippen LogP contribution in [0.4, 0.5) is 11.5 Å². The van der Waals surface area contributed by atoms with E-state index < -0.39 is 0 Å². The Kier molecular flexibility index (Phi) is 5.59. The van der Waals surface area contributed by atoms with Gasteiger partial charge in [0.1, 0.15) is 0 Å². The number of hydrogen-bond acceptors (Lipinski definition) is 4. The van der Waals surface area contributed by atoms with Gasteiger partial charge in [-0.1, -0.05) is 42.5 Å². The van der Waals surface area contributed by atoms with Crippen molar-refractivity contribution in [2.75, 3.05) is 11.9 Å². The van der Waals surface area contributed by atoms with Crippen molar-refractivity contribution in [2.45, 2.75) is 20.3 Å². The molecule has 1 amide bonds. The highest BCUT2D eigenvalue weighted by Crippen LogP contribution is 2.21. The molecule has 0 atom stereocenters. The van der Waals surface area contributed by atoms with Crippen LogP contribution in [0.1, 0.15) is 27.2 Å². The molecule has 26 heavy (non-hydrogen) atoms. The van der Waals surface area contributed by atoms with Crippen LogP contribution in [0.2, 0.25) is 0 Å². The normalized spacial score (nSPS) is 10.4. The van der Waals surface area contributed by atoms with Gasteiger partial charge in [0.15, 0.2) is 11.5 Å². The number of nitrogens with zero attached hydrogens (tertiary/aromatic N) is 2. The van der Waals surface area contributed by atoms with Crippen LogP contribution in [-0.4, -0.2) is 22.6 Å². The van der Waals surface area contributed by atoms with Gasteiger partial charge in [-0.2, -0.15) is 0 Å². The molecule has 132 valence electrons. The van der Waals surface area contributed by atoms with Crippen LogP contribution in [0.5, 0.6) is 0 Å². The largest absolute Gasteiger partial charge is 0.350 e. The summed E-state index contributed by atoms with van der Waals surface area (Å²) in [5, 5.41) is 14.2. The standard InChI is InChI=1S/C21H22N4O/c1-15-7-6-10-18(16(15)2)23-20-12-11-19(24-25-20)21(26)22-14-13-17-8-4-3-5-9-17/h3-12H,13-14H2,1-2H3,(H,22,26)(H,23,25). The molecule has 2 aromatic carbocycles. The summed E-state index contributed by atoms with van der Waals surface area (Å²) in [7, 11) is 0. The Balaban J connectivity index is 1.56. The number of amides is 1. The summed E-state index contributed by atoms with van der Waals surface area (Å²) in [6, 6.07) is 19.5. The predicted octanol–water partition coefficient (Wildman–Crippen LogP) is 3.81. The van der Waals surface area contributed by atoms with Gasteiger partial charge in [-0.3, -0.25) is 4.79 Å². The van der Waals surface area contributed by atoms with Crippen molar-refractivity contribution in [3.8, 4) is 0 Å². The first kappa shape index (κ1) is 17.6. The number of hydrogen-bond donors (Lipinski definition) is 2. The molecular weight excluding hydrogens is 324 g/mol. The Labute approximate surface area is 153 Å². The second-order valence-electron chi connectivity index (χ2n) is 6.17. The number of anilines is 2. The summed E-state index contributed by atoms with van der Waals surface area (Å²) in [6.07, 6.45) is 0.784. The molecule has 0 aliphatic rings. The maximum absolute atomic E-state index is 12.2. The zero-order chi connectivity index (χ0) is 18.4. The number of benzene rings is 2. The number of carbonyl (C=O) groups excluding carboxylic acids is 1. The maximum Gasteiger partial charge on any atom is 0.271 e. The average molecular weight is 346 g/mol. The van der Waals surface area contributed by atoms with Crippen molar-refractivity contribution in [1.82, 2.24) is 15.5 Å². The molecule has 0 aliphatic carbocycles. The van der Waals surface area contributed by atoms with Crippen molar-refractivity contribution in [2.24, 2.45) is 0 Å². The Hall–Kier alpha value is -3.21. The fourth-order valence-electron chi connectivity index (χ4n) is 2.60. The summed E-state index contributed by atoms with van der Waals surface area (Å²) < 4.78 is 0. The van der Waals surface area contributed by atoms with E-state index in [2.05, 4.69) is 40.7 Å². The molecule has 0 saturated carbocycles. The van der Waals surface area contributed by atoms with Crippen LogP contribution in [0.15, 0.2) is 60.7 Å². The summed E-state index contributed by atoms with van der Waals surface area (Å²) in [5.41, 5.74) is 4.85. The Morgan fingerprint density at radius 1 is 0.923 bits per heavy atom. The molecule has 1 aromatic heterocycles. The monoisotopic (exact) mass is 346 g/mol. The molecule has 1 heterocycles. The first-order chi connectivity index (χ1) is 12.6. The summed E-state index contributed by atoms with van der Waals surface area (Å²) in [6.45, 7) is 4.68. The van der Waals surface area contributed by atoms with E-state index >= 15 is 0 Å². The van der Waals surface area contributed by atoms with Gasteiger partial charge in [-0.15, -0.1) is 10.2 Å². The van der Waals surface area contributed by atoms with Crippen LogP contribution in [-0.2, 0) is 6.42 Å². The molecule has 5 nitrogen and oxygen atoms in total. The summed E-state index contributed by atoms with van der Waals surface area (Å²) in [4.78, 5) is 12.2. The third-order valence-corrected chi connectivity index (χ3v) is 4.31. The predicted molar refractivity (Wildman–Crippen MR) is 104 cm³/mol. The van der Waals surface area contributed by atoms with Gasteiger partial charge in [-0.05, 0) is 55.2 Å². The molecule has 3 aromatic rings. The SMILES string of the molecule is Cc1cccc(Nc2ccc(C(=O)NCCc3ccccc3)nn2)c1C. The summed E-state index contributed by atoms with van der Waals surface area (Å²) in [5.74, 6) is 0.395. The van der Waals surface area contributed by atoms with Crippen molar-refractivity contribution >= 4 is 17.4 Å². The van der Waals surface area contributed by atoms with Crippen LogP contribution >= 0.6 is 0 Å². The zero-order valence-electron chi connectivity index (χ0n) is 15.0. The minimum atomic E-state index is -0.216. The van der Waals surface area contributed by atoms with E-state index in [0.29, 0.717) is 18.1 Å². The van der Waals surface area contributed by atoms with E-state index in [4.69, 9.17) is 0 Å². The van der Waals surface area contributed by atoms with Gasteiger partial charge >= 0.3 is 0 Å². The van der Waals surface area contributed by atoms with Gasteiger partial charge in [-0.25, -0.2) is 0 Å². The quantitative estimate of drug-likeness (QED) is 0.712. The van der Waals surface area contributed by atoms with E-state index in [1.807, 2.05) is 42.5 Å². The Bertz CT molecular complexity index is 876.